The summed E-state index contributed by atoms with van der Waals surface area (Å²) in [5, 5.41) is 12.3. The predicted molar refractivity (Wildman–Crippen MR) is 65.5 cm³/mol. The molecule has 2 N–H and O–H groups in total. The van der Waals surface area contributed by atoms with E-state index in [2.05, 4.69) is 5.32 Å². The molecule has 0 atom stereocenters. The van der Waals surface area contributed by atoms with Crippen LogP contribution in [0.5, 0.6) is 0 Å². The van der Waals surface area contributed by atoms with E-state index >= 15 is 0 Å². The number of aliphatic hydroxyl groups is 1. The molecule has 0 saturated heterocycles. The molecular formula is C12H16ClNO2. The van der Waals surface area contributed by atoms with Gasteiger partial charge in [0.25, 0.3) is 0 Å². The highest BCUT2D eigenvalue weighted by Gasteiger charge is 2.22. The molecule has 16 heavy (non-hydrogen) atoms. The zero-order chi connectivity index (χ0) is 12.3. The van der Waals surface area contributed by atoms with E-state index in [-0.39, 0.29) is 12.5 Å². The van der Waals surface area contributed by atoms with Gasteiger partial charge in [-0.25, -0.2) is 0 Å². The third-order valence-electron chi connectivity index (χ3n) is 2.19. The molecule has 0 aliphatic carbocycles. The summed E-state index contributed by atoms with van der Waals surface area (Å²) in [6, 6.07) is 5.14. The second-order valence-electron chi connectivity index (χ2n) is 4.64. The molecule has 3 nitrogen and oxygen atoms in total. The van der Waals surface area contributed by atoms with Crippen molar-refractivity contribution in [2.24, 2.45) is 5.41 Å². The lowest BCUT2D eigenvalue weighted by atomic mass is 9.95. The maximum atomic E-state index is 11.8. The number of nitrogens with one attached hydrogen (secondary N) is 1. The largest absolute Gasteiger partial charge is 0.392 e. The molecule has 1 aromatic carbocycles. The van der Waals surface area contributed by atoms with Crippen molar-refractivity contribution in [3.63, 3.8) is 0 Å². The predicted octanol–water partition coefficient (Wildman–Crippen LogP) is 2.82. The number of aliphatic hydroxyl groups excluding tert-OH is 1. The van der Waals surface area contributed by atoms with Gasteiger partial charge in [0.2, 0.25) is 5.91 Å². The Hall–Kier alpha value is -1.06. The molecule has 0 spiro atoms. The zero-order valence-electron chi connectivity index (χ0n) is 9.67. The van der Waals surface area contributed by atoms with E-state index in [0.29, 0.717) is 16.3 Å². The molecule has 88 valence electrons. The Balaban J connectivity index is 3.01. The molecule has 0 unspecified atom stereocenters. The number of hydrogen-bond donors (Lipinski definition) is 2. The standard InChI is InChI=1S/C12H16ClNO2/c1-12(2,3)11(16)14-10-8(7-15)5-4-6-9(10)13/h4-6,15H,7H2,1-3H3,(H,14,16). The van der Waals surface area contributed by atoms with Crippen LogP contribution in [0.15, 0.2) is 18.2 Å². The number of halogens is 1. The van der Waals surface area contributed by atoms with Gasteiger partial charge in [0.05, 0.1) is 17.3 Å². The molecule has 1 amide bonds. The number of carbonyl (C=O) groups is 1. The van der Waals surface area contributed by atoms with Crippen molar-refractivity contribution in [1.82, 2.24) is 0 Å². The van der Waals surface area contributed by atoms with Crippen molar-refractivity contribution < 1.29 is 9.90 Å². The number of hydrogen-bond acceptors (Lipinski definition) is 2. The number of amides is 1. The molecule has 0 aromatic heterocycles. The average Bonchev–Trinajstić information content (AvgIpc) is 2.19. The molecule has 0 fully saturated rings. The van der Waals surface area contributed by atoms with E-state index in [1.807, 2.05) is 20.8 Å². The van der Waals surface area contributed by atoms with E-state index in [4.69, 9.17) is 16.7 Å². The fourth-order valence-electron chi connectivity index (χ4n) is 1.14. The van der Waals surface area contributed by atoms with Crippen molar-refractivity contribution in [2.45, 2.75) is 27.4 Å². The van der Waals surface area contributed by atoms with Crippen molar-refractivity contribution in [2.75, 3.05) is 5.32 Å². The molecular weight excluding hydrogens is 226 g/mol. The van der Waals surface area contributed by atoms with E-state index < -0.39 is 5.41 Å². The first-order valence-corrected chi connectivity index (χ1v) is 5.43. The highest BCUT2D eigenvalue weighted by molar-refractivity contribution is 6.34. The van der Waals surface area contributed by atoms with Crippen LogP contribution < -0.4 is 5.32 Å². The van der Waals surface area contributed by atoms with E-state index in [9.17, 15) is 4.79 Å². The first-order chi connectivity index (χ1) is 7.36. The monoisotopic (exact) mass is 241 g/mol. The SMILES string of the molecule is CC(C)(C)C(=O)Nc1c(Cl)cccc1CO. The smallest absolute Gasteiger partial charge is 0.229 e. The maximum absolute atomic E-state index is 11.8. The summed E-state index contributed by atoms with van der Waals surface area (Å²) in [5.74, 6) is -0.129. The van der Waals surface area contributed by atoms with Crippen LogP contribution >= 0.6 is 11.6 Å². The molecule has 0 aliphatic rings. The number of benzene rings is 1. The van der Waals surface area contributed by atoms with E-state index in [0.717, 1.165) is 0 Å². The van der Waals surface area contributed by atoms with Crippen LogP contribution in [0.2, 0.25) is 5.02 Å². The average molecular weight is 242 g/mol. The topological polar surface area (TPSA) is 49.3 Å². The van der Waals surface area contributed by atoms with Crippen LogP contribution in [0.1, 0.15) is 26.3 Å². The van der Waals surface area contributed by atoms with Crippen LogP contribution in [0.25, 0.3) is 0 Å². The Morgan fingerprint density at radius 1 is 1.44 bits per heavy atom. The van der Waals surface area contributed by atoms with Gasteiger partial charge in [-0.3, -0.25) is 4.79 Å². The first-order valence-electron chi connectivity index (χ1n) is 5.06. The number of para-hydroxylation sites is 1. The Bertz CT molecular complexity index is 396. The van der Waals surface area contributed by atoms with Crippen molar-refractivity contribution in [3.8, 4) is 0 Å². The van der Waals surface area contributed by atoms with Crippen molar-refractivity contribution in [1.29, 1.82) is 0 Å². The summed E-state index contributed by atoms with van der Waals surface area (Å²) in [6.07, 6.45) is 0. The number of carbonyl (C=O) groups excluding carboxylic acids is 1. The van der Waals surface area contributed by atoms with Gasteiger partial charge < -0.3 is 10.4 Å². The normalized spacial score (nSPS) is 11.3. The Labute approximate surface area is 100 Å². The van der Waals surface area contributed by atoms with E-state index in [1.54, 1.807) is 18.2 Å². The third-order valence-corrected chi connectivity index (χ3v) is 2.50. The summed E-state index contributed by atoms with van der Waals surface area (Å²) < 4.78 is 0. The minimum absolute atomic E-state index is 0.129. The van der Waals surface area contributed by atoms with Gasteiger partial charge in [-0.1, -0.05) is 44.5 Å². The minimum atomic E-state index is -0.494. The second-order valence-corrected chi connectivity index (χ2v) is 5.04. The summed E-state index contributed by atoms with van der Waals surface area (Å²) in [7, 11) is 0. The van der Waals surface area contributed by atoms with Crippen molar-refractivity contribution in [3.05, 3.63) is 28.8 Å². The molecule has 1 rings (SSSR count). The first kappa shape index (κ1) is 13.0. The Kier molecular flexibility index (Phi) is 3.94. The molecule has 0 heterocycles. The van der Waals surface area contributed by atoms with Crippen LogP contribution in [-0.4, -0.2) is 11.0 Å². The Morgan fingerprint density at radius 3 is 2.56 bits per heavy atom. The molecule has 0 radical (unpaired) electrons. The van der Waals surface area contributed by atoms with Gasteiger partial charge >= 0.3 is 0 Å². The van der Waals surface area contributed by atoms with Crippen LogP contribution in [0.3, 0.4) is 0 Å². The van der Waals surface area contributed by atoms with Gasteiger partial charge in [-0.2, -0.15) is 0 Å². The molecule has 0 bridgehead atoms. The minimum Gasteiger partial charge on any atom is -0.392 e. The summed E-state index contributed by atoms with van der Waals surface area (Å²) in [6.45, 7) is 5.30. The lowest BCUT2D eigenvalue weighted by Crippen LogP contribution is -2.28. The lowest BCUT2D eigenvalue weighted by molar-refractivity contribution is -0.123. The molecule has 0 saturated carbocycles. The van der Waals surface area contributed by atoms with Crippen LogP contribution in [0, 0.1) is 5.41 Å². The van der Waals surface area contributed by atoms with E-state index in [1.165, 1.54) is 0 Å². The summed E-state index contributed by atoms with van der Waals surface area (Å²) >= 11 is 5.98. The third kappa shape index (κ3) is 2.97. The Morgan fingerprint density at radius 2 is 2.06 bits per heavy atom. The highest BCUT2D eigenvalue weighted by Crippen LogP contribution is 2.28. The number of anilines is 1. The summed E-state index contributed by atoms with van der Waals surface area (Å²) in [4.78, 5) is 11.8. The highest BCUT2D eigenvalue weighted by atomic mass is 35.5. The van der Waals surface area contributed by atoms with Crippen molar-refractivity contribution >= 4 is 23.2 Å². The maximum Gasteiger partial charge on any atom is 0.229 e. The fraction of sp³-hybridized carbons (Fsp3) is 0.417. The van der Waals surface area contributed by atoms with Gasteiger partial charge in [0.15, 0.2) is 0 Å². The molecule has 4 heteroatoms. The van der Waals surface area contributed by atoms with Gasteiger partial charge in [-0.05, 0) is 6.07 Å². The van der Waals surface area contributed by atoms with Crippen LogP contribution in [-0.2, 0) is 11.4 Å². The second kappa shape index (κ2) is 4.85. The number of rotatable bonds is 2. The summed E-state index contributed by atoms with van der Waals surface area (Å²) in [5.41, 5.74) is 0.614. The zero-order valence-corrected chi connectivity index (χ0v) is 10.4. The quantitative estimate of drug-likeness (QED) is 0.837. The van der Waals surface area contributed by atoms with Gasteiger partial charge in [0, 0.05) is 11.0 Å². The molecule has 1 aromatic rings. The fourth-order valence-corrected chi connectivity index (χ4v) is 1.38. The van der Waals surface area contributed by atoms with Gasteiger partial charge in [-0.15, -0.1) is 0 Å². The van der Waals surface area contributed by atoms with Gasteiger partial charge in [0.1, 0.15) is 0 Å². The van der Waals surface area contributed by atoms with Crippen LogP contribution in [0.4, 0.5) is 5.69 Å². The molecule has 0 aliphatic heterocycles. The lowest BCUT2D eigenvalue weighted by Gasteiger charge is -2.19.